The first-order chi connectivity index (χ1) is 10.6. The first-order valence-electron chi connectivity index (χ1n) is 7.59. The molecule has 1 atom stereocenters. The standard InChI is InChI=1S/C18H22N2O2/c1-14(4-2-5-15-6-3-11-19-12-15)20-13-16-7-9-17(10-8-16)18(21)22/h3,6-12,14,20H,2,4-5,13H2,1H3,(H,21,22). The van der Waals surface area contributed by atoms with E-state index in [0.717, 1.165) is 31.4 Å². The number of nitrogens with zero attached hydrogens (tertiary/aromatic N) is 1. The van der Waals surface area contributed by atoms with Gasteiger partial charge in [0.05, 0.1) is 5.56 Å². The Morgan fingerprint density at radius 3 is 2.64 bits per heavy atom. The number of aryl methyl sites for hydroxylation is 1. The summed E-state index contributed by atoms with van der Waals surface area (Å²) >= 11 is 0. The van der Waals surface area contributed by atoms with Crippen LogP contribution in [0.2, 0.25) is 0 Å². The van der Waals surface area contributed by atoms with Crippen molar-refractivity contribution in [3.05, 3.63) is 65.5 Å². The minimum atomic E-state index is -0.886. The van der Waals surface area contributed by atoms with Crippen LogP contribution in [0, 0.1) is 0 Å². The smallest absolute Gasteiger partial charge is 0.335 e. The van der Waals surface area contributed by atoms with Crippen molar-refractivity contribution in [1.82, 2.24) is 10.3 Å². The summed E-state index contributed by atoms with van der Waals surface area (Å²) in [7, 11) is 0. The van der Waals surface area contributed by atoms with E-state index in [2.05, 4.69) is 23.3 Å². The zero-order valence-corrected chi connectivity index (χ0v) is 12.8. The molecule has 1 aromatic heterocycles. The molecule has 4 nitrogen and oxygen atoms in total. The maximum atomic E-state index is 10.8. The van der Waals surface area contributed by atoms with Crippen LogP contribution in [0.25, 0.3) is 0 Å². The topological polar surface area (TPSA) is 62.2 Å². The number of aromatic nitrogens is 1. The molecule has 22 heavy (non-hydrogen) atoms. The second-order valence-electron chi connectivity index (χ2n) is 5.54. The molecule has 0 aliphatic rings. The van der Waals surface area contributed by atoms with E-state index in [1.54, 1.807) is 18.3 Å². The third-order valence-electron chi connectivity index (χ3n) is 3.68. The highest BCUT2D eigenvalue weighted by molar-refractivity contribution is 5.87. The molecule has 2 N–H and O–H groups in total. The van der Waals surface area contributed by atoms with Crippen LogP contribution in [-0.4, -0.2) is 22.1 Å². The second-order valence-corrected chi connectivity index (χ2v) is 5.54. The number of carbonyl (C=O) groups is 1. The summed E-state index contributed by atoms with van der Waals surface area (Å²) in [4.78, 5) is 14.9. The molecule has 0 saturated carbocycles. The molecule has 1 heterocycles. The SMILES string of the molecule is CC(CCCc1cccnc1)NCc1ccc(C(=O)O)cc1. The summed E-state index contributed by atoms with van der Waals surface area (Å²) < 4.78 is 0. The molecule has 2 rings (SSSR count). The number of rotatable bonds is 8. The van der Waals surface area contributed by atoms with Crippen molar-refractivity contribution in [2.75, 3.05) is 0 Å². The van der Waals surface area contributed by atoms with Crippen LogP contribution in [-0.2, 0) is 13.0 Å². The summed E-state index contributed by atoms with van der Waals surface area (Å²) in [5, 5.41) is 12.3. The zero-order chi connectivity index (χ0) is 15.8. The predicted octanol–water partition coefficient (Wildman–Crippen LogP) is 3.28. The molecule has 0 amide bonds. The van der Waals surface area contributed by atoms with Gasteiger partial charge in [-0.25, -0.2) is 4.79 Å². The van der Waals surface area contributed by atoms with E-state index in [9.17, 15) is 4.79 Å². The van der Waals surface area contributed by atoms with E-state index < -0.39 is 5.97 Å². The van der Waals surface area contributed by atoms with Crippen molar-refractivity contribution in [1.29, 1.82) is 0 Å². The largest absolute Gasteiger partial charge is 0.478 e. The Morgan fingerprint density at radius 1 is 1.23 bits per heavy atom. The predicted molar refractivity (Wildman–Crippen MR) is 86.9 cm³/mol. The first kappa shape index (κ1) is 16.2. The molecule has 0 radical (unpaired) electrons. The summed E-state index contributed by atoms with van der Waals surface area (Å²) in [6.07, 6.45) is 6.98. The average Bonchev–Trinajstić information content (AvgIpc) is 2.54. The Labute approximate surface area is 131 Å². The fraction of sp³-hybridized carbons (Fsp3) is 0.333. The van der Waals surface area contributed by atoms with Crippen molar-refractivity contribution in [2.45, 2.75) is 38.8 Å². The van der Waals surface area contributed by atoms with Crippen molar-refractivity contribution in [3.8, 4) is 0 Å². The van der Waals surface area contributed by atoms with E-state index in [0.29, 0.717) is 11.6 Å². The van der Waals surface area contributed by atoms with Crippen molar-refractivity contribution >= 4 is 5.97 Å². The van der Waals surface area contributed by atoms with Gasteiger partial charge in [-0.1, -0.05) is 18.2 Å². The maximum absolute atomic E-state index is 10.8. The van der Waals surface area contributed by atoms with E-state index >= 15 is 0 Å². The van der Waals surface area contributed by atoms with Crippen LogP contribution in [0.1, 0.15) is 41.3 Å². The van der Waals surface area contributed by atoms with E-state index in [1.165, 1.54) is 5.56 Å². The van der Waals surface area contributed by atoms with E-state index in [1.807, 2.05) is 24.4 Å². The number of carboxylic acids is 1. The highest BCUT2D eigenvalue weighted by atomic mass is 16.4. The normalized spacial score (nSPS) is 12.0. The molecule has 0 bridgehead atoms. The molecule has 2 aromatic rings. The summed E-state index contributed by atoms with van der Waals surface area (Å²) in [6, 6.07) is 11.5. The van der Waals surface area contributed by atoms with E-state index in [4.69, 9.17) is 5.11 Å². The van der Waals surface area contributed by atoms with Gasteiger partial charge in [-0.3, -0.25) is 4.98 Å². The first-order valence-corrected chi connectivity index (χ1v) is 7.59. The van der Waals surface area contributed by atoms with Crippen LogP contribution >= 0.6 is 0 Å². The zero-order valence-electron chi connectivity index (χ0n) is 12.8. The lowest BCUT2D eigenvalue weighted by atomic mass is 10.1. The van der Waals surface area contributed by atoms with Crippen LogP contribution in [0.15, 0.2) is 48.8 Å². The molecule has 1 aromatic carbocycles. The van der Waals surface area contributed by atoms with Crippen LogP contribution < -0.4 is 5.32 Å². The number of hydrogen-bond acceptors (Lipinski definition) is 3. The Bertz CT molecular complexity index is 582. The molecule has 0 aliphatic heterocycles. The summed E-state index contributed by atoms with van der Waals surface area (Å²) in [6.45, 7) is 2.93. The quantitative estimate of drug-likeness (QED) is 0.785. The van der Waals surface area contributed by atoms with Gasteiger partial charge in [0.25, 0.3) is 0 Å². The van der Waals surface area contributed by atoms with Gasteiger partial charge in [-0.15, -0.1) is 0 Å². The Hall–Kier alpha value is -2.20. The van der Waals surface area contributed by atoms with Crippen LogP contribution in [0.5, 0.6) is 0 Å². The monoisotopic (exact) mass is 298 g/mol. The maximum Gasteiger partial charge on any atom is 0.335 e. The molecule has 0 aliphatic carbocycles. The van der Waals surface area contributed by atoms with Gasteiger partial charge < -0.3 is 10.4 Å². The van der Waals surface area contributed by atoms with Gasteiger partial charge in [0.1, 0.15) is 0 Å². The van der Waals surface area contributed by atoms with Crippen molar-refractivity contribution in [2.24, 2.45) is 0 Å². The average molecular weight is 298 g/mol. The lowest BCUT2D eigenvalue weighted by Gasteiger charge is -2.14. The van der Waals surface area contributed by atoms with Gasteiger partial charge in [-0.05, 0) is 55.5 Å². The molecular weight excluding hydrogens is 276 g/mol. The van der Waals surface area contributed by atoms with Crippen molar-refractivity contribution < 1.29 is 9.90 Å². The molecule has 116 valence electrons. The van der Waals surface area contributed by atoms with Gasteiger partial charge >= 0.3 is 5.97 Å². The van der Waals surface area contributed by atoms with Crippen molar-refractivity contribution in [3.63, 3.8) is 0 Å². The fourth-order valence-corrected chi connectivity index (χ4v) is 2.32. The van der Waals surface area contributed by atoms with Crippen LogP contribution in [0.3, 0.4) is 0 Å². The fourth-order valence-electron chi connectivity index (χ4n) is 2.32. The number of hydrogen-bond donors (Lipinski definition) is 2. The number of pyridine rings is 1. The van der Waals surface area contributed by atoms with E-state index in [-0.39, 0.29) is 0 Å². The number of benzene rings is 1. The number of nitrogens with one attached hydrogen (secondary N) is 1. The number of carboxylic acid groups (broad SMARTS) is 1. The molecule has 4 heteroatoms. The van der Waals surface area contributed by atoms with Gasteiger partial charge in [-0.2, -0.15) is 0 Å². The summed E-state index contributed by atoms with van der Waals surface area (Å²) in [5.41, 5.74) is 2.70. The van der Waals surface area contributed by atoms with Gasteiger partial charge in [0, 0.05) is 25.0 Å². The molecule has 0 saturated heterocycles. The third-order valence-corrected chi connectivity index (χ3v) is 3.68. The number of aromatic carboxylic acids is 1. The Kier molecular flexibility index (Phi) is 6.10. The lowest BCUT2D eigenvalue weighted by Crippen LogP contribution is -2.25. The van der Waals surface area contributed by atoms with Gasteiger partial charge in [0.15, 0.2) is 0 Å². The molecule has 0 fully saturated rings. The third kappa shape index (κ3) is 5.30. The molecule has 0 spiro atoms. The lowest BCUT2D eigenvalue weighted by molar-refractivity contribution is 0.0697. The highest BCUT2D eigenvalue weighted by Crippen LogP contribution is 2.07. The Morgan fingerprint density at radius 2 is 2.00 bits per heavy atom. The summed E-state index contributed by atoms with van der Waals surface area (Å²) in [5.74, 6) is -0.886. The highest BCUT2D eigenvalue weighted by Gasteiger charge is 2.04. The second kappa shape index (κ2) is 8.29. The van der Waals surface area contributed by atoms with Crippen LogP contribution in [0.4, 0.5) is 0 Å². The minimum Gasteiger partial charge on any atom is -0.478 e. The molecule has 1 unspecified atom stereocenters. The minimum absolute atomic E-state index is 0.327. The Balaban J connectivity index is 1.69. The van der Waals surface area contributed by atoms with Gasteiger partial charge in [0.2, 0.25) is 0 Å². The molecular formula is C18H22N2O2.